The molecule has 0 saturated carbocycles. The van der Waals surface area contributed by atoms with Crippen LogP contribution in [0.2, 0.25) is 5.02 Å². The Balaban J connectivity index is 2.17. The van der Waals surface area contributed by atoms with Gasteiger partial charge in [-0.3, -0.25) is 0 Å². The number of rotatable bonds is 6. The van der Waals surface area contributed by atoms with E-state index in [0.717, 1.165) is 30.1 Å². The van der Waals surface area contributed by atoms with Crippen LogP contribution in [-0.2, 0) is 9.84 Å². The summed E-state index contributed by atoms with van der Waals surface area (Å²) < 4.78 is 23.6. The lowest BCUT2D eigenvalue weighted by Gasteiger charge is -2.25. The topological polar surface area (TPSA) is 46.2 Å². The Hall–Kier alpha value is -0.580. The van der Waals surface area contributed by atoms with Crippen LogP contribution >= 0.6 is 11.6 Å². The van der Waals surface area contributed by atoms with E-state index >= 15 is 0 Å². The summed E-state index contributed by atoms with van der Waals surface area (Å²) in [6.45, 7) is 6.04. The number of hydrogen-bond donors (Lipinski definition) is 1. The van der Waals surface area contributed by atoms with E-state index in [4.69, 9.17) is 11.6 Å². The Morgan fingerprint density at radius 2 is 2.00 bits per heavy atom. The van der Waals surface area contributed by atoms with Crippen LogP contribution in [0, 0.1) is 11.8 Å². The van der Waals surface area contributed by atoms with Crippen LogP contribution in [0.25, 0.3) is 0 Å². The highest BCUT2D eigenvalue weighted by atomic mass is 35.5. The first kappa shape index (κ1) is 16.8. The summed E-state index contributed by atoms with van der Waals surface area (Å²) in [4.78, 5) is 0. The van der Waals surface area contributed by atoms with Crippen molar-refractivity contribution in [2.24, 2.45) is 11.8 Å². The van der Waals surface area contributed by atoms with Gasteiger partial charge in [0, 0.05) is 17.5 Å². The average Bonchev–Trinajstić information content (AvgIpc) is 2.76. The summed E-state index contributed by atoms with van der Waals surface area (Å²) in [5.74, 6) is 1.49. The molecule has 0 bridgehead atoms. The Labute approximate surface area is 133 Å². The Morgan fingerprint density at radius 1 is 1.29 bits per heavy atom. The highest BCUT2D eigenvalue weighted by molar-refractivity contribution is 7.91. The van der Waals surface area contributed by atoms with Crippen molar-refractivity contribution in [3.05, 3.63) is 34.9 Å². The van der Waals surface area contributed by atoms with Crippen molar-refractivity contribution in [3.63, 3.8) is 0 Å². The number of hydrogen-bond acceptors (Lipinski definition) is 3. The molecule has 1 aliphatic heterocycles. The molecule has 3 nitrogen and oxygen atoms in total. The Bertz CT molecular complexity index is 571. The summed E-state index contributed by atoms with van der Waals surface area (Å²) in [5.41, 5.74) is 1.07. The van der Waals surface area contributed by atoms with Crippen LogP contribution in [0.5, 0.6) is 0 Å². The van der Waals surface area contributed by atoms with Gasteiger partial charge < -0.3 is 5.32 Å². The number of sulfone groups is 1. The molecular formula is C16H24ClNO2S. The van der Waals surface area contributed by atoms with Crippen LogP contribution in [0.15, 0.2) is 24.3 Å². The lowest BCUT2D eigenvalue weighted by Crippen LogP contribution is -2.30. The first-order valence-corrected chi connectivity index (χ1v) is 9.74. The fraction of sp³-hybridized carbons (Fsp3) is 0.625. The zero-order chi connectivity index (χ0) is 15.5. The van der Waals surface area contributed by atoms with Gasteiger partial charge in [-0.2, -0.15) is 0 Å². The molecule has 1 aromatic carbocycles. The van der Waals surface area contributed by atoms with Crippen molar-refractivity contribution < 1.29 is 8.42 Å². The second kappa shape index (κ2) is 7.12. The second-order valence-corrected chi connectivity index (χ2v) is 8.98. The lowest BCUT2D eigenvalue weighted by molar-refractivity contribution is 0.424. The standard InChI is InChI=1S/C16H24ClNO2S/c1-12(2)9-18-10-15(13-7-8-21(19,20)11-13)14-5-3-4-6-16(14)17/h3-6,12-13,15,18H,7-11H2,1-2H3. The van der Waals surface area contributed by atoms with E-state index in [1.54, 1.807) is 0 Å². The molecular weight excluding hydrogens is 306 g/mol. The zero-order valence-corrected chi connectivity index (χ0v) is 14.3. The fourth-order valence-corrected chi connectivity index (χ4v) is 5.13. The van der Waals surface area contributed by atoms with Gasteiger partial charge in [-0.05, 0) is 36.4 Å². The van der Waals surface area contributed by atoms with Crippen LogP contribution < -0.4 is 5.32 Å². The summed E-state index contributed by atoms with van der Waals surface area (Å²) in [6.07, 6.45) is 0.738. The average molecular weight is 330 g/mol. The molecule has 118 valence electrons. The van der Waals surface area contributed by atoms with Crippen molar-refractivity contribution in [2.45, 2.75) is 26.2 Å². The molecule has 2 rings (SSSR count). The van der Waals surface area contributed by atoms with E-state index in [0.29, 0.717) is 11.7 Å². The Morgan fingerprint density at radius 3 is 2.57 bits per heavy atom. The van der Waals surface area contributed by atoms with E-state index in [9.17, 15) is 8.42 Å². The molecule has 1 fully saturated rings. The third-order valence-electron chi connectivity index (χ3n) is 4.06. The van der Waals surface area contributed by atoms with Gasteiger partial charge in [0.25, 0.3) is 0 Å². The van der Waals surface area contributed by atoms with Gasteiger partial charge >= 0.3 is 0 Å². The van der Waals surface area contributed by atoms with Gasteiger partial charge in [0.1, 0.15) is 0 Å². The number of benzene rings is 1. The van der Waals surface area contributed by atoms with Gasteiger partial charge in [0.15, 0.2) is 9.84 Å². The smallest absolute Gasteiger partial charge is 0.150 e. The monoisotopic (exact) mass is 329 g/mol. The van der Waals surface area contributed by atoms with Gasteiger partial charge in [0.05, 0.1) is 11.5 Å². The molecule has 1 heterocycles. The van der Waals surface area contributed by atoms with E-state index in [1.807, 2.05) is 24.3 Å². The van der Waals surface area contributed by atoms with E-state index in [-0.39, 0.29) is 17.6 Å². The van der Waals surface area contributed by atoms with E-state index in [1.165, 1.54) is 0 Å². The quantitative estimate of drug-likeness (QED) is 0.872. The molecule has 1 aliphatic rings. The largest absolute Gasteiger partial charge is 0.316 e. The molecule has 1 saturated heterocycles. The normalized spacial score (nSPS) is 22.6. The maximum atomic E-state index is 11.8. The minimum Gasteiger partial charge on any atom is -0.316 e. The van der Waals surface area contributed by atoms with Gasteiger partial charge in [-0.1, -0.05) is 43.6 Å². The molecule has 1 N–H and O–H groups in total. The summed E-state index contributed by atoms with van der Waals surface area (Å²) in [6, 6.07) is 7.79. The highest BCUT2D eigenvalue weighted by Gasteiger charge is 2.34. The maximum absolute atomic E-state index is 11.8. The van der Waals surface area contributed by atoms with Crippen molar-refractivity contribution in [1.82, 2.24) is 5.32 Å². The van der Waals surface area contributed by atoms with Crippen LogP contribution in [-0.4, -0.2) is 33.0 Å². The predicted molar refractivity (Wildman–Crippen MR) is 88.7 cm³/mol. The molecule has 0 aromatic heterocycles. The highest BCUT2D eigenvalue weighted by Crippen LogP contribution is 2.36. The minimum atomic E-state index is -2.87. The first-order chi connectivity index (χ1) is 9.89. The molecule has 21 heavy (non-hydrogen) atoms. The van der Waals surface area contributed by atoms with Crippen LogP contribution in [0.1, 0.15) is 31.7 Å². The molecule has 2 atom stereocenters. The van der Waals surface area contributed by atoms with Crippen molar-refractivity contribution in [3.8, 4) is 0 Å². The third-order valence-corrected chi connectivity index (χ3v) is 6.20. The summed E-state index contributed by atoms with van der Waals surface area (Å²) in [7, 11) is -2.87. The van der Waals surface area contributed by atoms with Crippen LogP contribution in [0.4, 0.5) is 0 Å². The van der Waals surface area contributed by atoms with E-state index < -0.39 is 9.84 Å². The van der Waals surface area contributed by atoms with Crippen molar-refractivity contribution in [1.29, 1.82) is 0 Å². The minimum absolute atomic E-state index is 0.162. The summed E-state index contributed by atoms with van der Waals surface area (Å²) >= 11 is 6.33. The van der Waals surface area contributed by atoms with Gasteiger partial charge in [-0.15, -0.1) is 0 Å². The number of halogens is 1. The predicted octanol–water partition coefficient (Wildman–Crippen LogP) is 3.10. The fourth-order valence-electron chi connectivity index (χ4n) is 2.97. The first-order valence-electron chi connectivity index (χ1n) is 7.54. The molecule has 0 aliphatic carbocycles. The van der Waals surface area contributed by atoms with Crippen LogP contribution in [0.3, 0.4) is 0 Å². The SMILES string of the molecule is CC(C)CNCC(c1ccccc1Cl)C1CCS(=O)(=O)C1. The molecule has 2 unspecified atom stereocenters. The lowest BCUT2D eigenvalue weighted by atomic mass is 9.85. The number of nitrogens with one attached hydrogen (secondary N) is 1. The summed E-state index contributed by atoms with van der Waals surface area (Å²) in [5, 5.41) is 4.20. The van der Waals surface area contributed by atoms with Gasteiger partial charge in [0.2, 0.25) is 0 Å². The molecule has 5 heteroatoms. The molecule has 0 radical (unpaired) electrons. The molecule has 0 spiro atoms. The maximum Gasteiger partial charge on any atom is 0.150 e. The van der Waals surface area contributed by atoms with Gasteiger partial charge in [-0.25, -0.2) is 8.42 Å². The molecule has 0 amide bonds. The Kier molecular flexibility index (Phi) is 5.69. The molecule has 1 aromatic rings. The zero-order valence-electron chi connectivity index (χ0n) is 12.7. The second-order valence-electron chi connectivity index (χ2n) is 6.34. The van der Waals surface area contributed by atoms with Crippen molar-refractivity contribution >= 4 is 21.4 Å². The third kappa shape index (κ3) is 4.70. The van der Waals surface area contributed by atoms with E-state index in [2.05, 4.69) is 19.2 Å². The van der Waals surface area contributed by atoms with Crippen molar-refractivity contribution in [2.75, 3.05) is 24.6 Å².